The van der Waals surface area contributed by atoms with E-state index in [4.69, 9.17) is 0 Å². The van der Waals surface area contributed by atoms with Crippen molar-refractivity contribution in [2.24, 2.45) is 0 Å². The van der Waals surface area contributed by atoms with Gasteiger partial charge in [0.2, 0.25) is 0 Å². The highest BCUT2D eigenvalue weighted by Gasteiger charge is 2.38. The first-order valence-corrected chi connectivity index (χ1v) is 4.41. The van der Waals surface area contributed by atoms with Crippen LogP contribution in [0.2, 0.25) is 0 Å². The van der Waals surface area contributed by atoms with Gasteiger partial charge in [-0.25, -0.2) is 0 Å². The number of carbonyl (C=O) groups excluding carboxylic acids is 1. The minimum absolute atomic E-state index is 0.324. The molecule has 16 heavy (non-hydrogen) atoms. The second kappa shape index (κ2) is 4.98. The molecule has 0 heterocycles. The van der Waals surface area contributed by atoms with E-state index < -0.39 is 24.7 Å². The molecule has 6 heteroatoms. The van der Waals surface area contributed by atoms with Crippen molar-refractivity contribution in [2.75, 3.05) is 6.54 Å². The third kappa shape index (κ3) is 3.54. The fraction of sp³-hybridized carbons (Fsp3) is 0.300. The Hall–Kier alpha value is -1.56. The lowest BCUT2D eigenvalue weighted by molar-refractivity contribution is -0.174. The van der Waals surface area contributed by atoms with Crippen LogP contribution in [0.3, 0.4) is 0 Å². The van der Waals surface area contributed by atoms with Crippen LogP contribution in [0.4, 0.5) is 13.2 Å². The number of aliphatic hydroxyl groups excluding tert-OH is 1. The van der Waals surface area contributed by atoms with Crippen molar-refractivity contribution in [1.82, 2.24) is 5.32 Å². The Balaban J connectivity index is 2.48. The standard InChI is InChI=1S/C10H9F3NO2/c11-10(12,13)9(16)14-6-8(15)7-4-2-1-3-5-7/h1-4,8,15H,6H2,(H,14,16). The van der Waals surface area contributed by atoms with Crippen molar-refractivity contribution < 1.29 is 23.1 Å². The summed E-state index contributed by atoms with van der Waals surface area (Å²) in [4.78, 5) is 10.4. The summed E-state index contributed by atoms with van der Waals surface area (Å²) in [5, 5.41) is 11.0. The van der Waals surface area contributed by atoms with Gasteiger partial charge in [0.1, 0.15) is 0 Å². The largest absolute Gasteiger partial charge is 0.471 e. The van der Waals surface area contributed by atoms with Crippen LogP contribution in [0, 0.1) is 6.07 Å². The SMILES string of the molecule is O=C(NCC(O)c1[c]cccc1)C(F)(F)F. The van der Waals surface area contributed by atoms with Gasteiger partial charge in [0.05, 0.1) is 6.10 Å². The second-order valence-corrected chi connectivity index (χ2v) is 3.04. The van der Waals surface area contributed by atoms with Crippen molar-refractivity contribution in [1.29, 1.82) is 0 Å². The number of aliphatic hydroxyl groups is 1. The number of alkyl halides is 3. The van der Waals surface area contributed by atoms with Crippen molar-refractivity contribution in [3.05, 3.63) is 35.9 Å². The molecule has 0 aliphatic rings. The van der Waals surface area contributed by atoms with E-state index in [-0.39, 0.29) is 0 Å². The zero-order chi connectivity index (χ0) is 12.2. The number of hydrogen-bond donors (Lipinski definition) is 2. The third-order valence-corrected chi connectivity index (χ3v) is 1.81. The van der Waals surface area contributed by atoms with Gasteiger partial charge in [-0.05, 0) is 11.6 Å². The number of halogens is 3. The molecule has 1 atom stereocenters. The van der Waals surface area contributed by atoms with Crippen LogP contribution in [0.5, 0.6) is 0 Å². The average Bonchev–Trinajstić information content (AvgIpc) is 2.25. The molecular weight excluding hydrogens is 223 g/mol. The monoisotopic (exact) mass is 232 g/mol. The van der Waals surface area contributed by atoms with Gasteiger partial charge in [0, 0.05) is 6.54 Å². The summed E-state index contributed by atoms with van der Waals surface area (Å²) in [6.07, 6.45) is -6.13. The zero-order valence-corrected chi connectivity index (χ0v) is 8.08. The van der Waals surface area contributed by atoms with Crippen LogP contribution >= 0.6 is 0 Å². The predicted octanol–water partition coefficient (Wildman–Crippen LogP) is 1.20. The van der Waals surface area contributed by atoms with Gasteiger partial charge in [0.15, 0.2) is 0 Å². The molecule has 0 bridgehead atoms. The highest BCUT2D eigenvalue weighted by Crippen LogP contribution is 2.15. The van der Waals surface area contributed by atoms with Crippen molar-refractivity contribution in [2.45, 2.75) is 12.3 Å². The smallest absolute Gasteiger partial charge is 0.387 e. The number of nitrogens with one attached hydrogen (secondary N) is 1. The fourth-order valence-electron chi connectivity index (χ4n) is 1.01. The van der Waals surface area contributed by atoms with Gasteiger partial charge in [-0.15, -0.1) is 0 Å². The molecule has 1 aromatic rings. The molecule has 1 radical (unpaired) electrons. The molecule has 0 aliphatic carbocycles. The van der Waals surface area contributed by atoms with E-state index in [9.17, 15) is 23.1 Å². The molecule has 1 amide bonds. The van der Waals surface area contributed by atoms with Crippen molar-refractivity contribution in [3.8, 4) is 0 Å². The number of benzene rings is 1. The van der Waals surface area contributed by atoms with Gasteiger partial charge >= 0.3 is 12.1 Å². The molecule has 0 saturated heterocycles. The molecule has 0 fully saturated rings. The maximum Gasteiger partial charge on any atom is 0.471 e. The van der Waals surface area contributed by atoms with Crippen LogP contribution in [0.1, 0.15) is 11.7 Å². The van der Waals surface area contributed by atoms with Crippen molar-refractivity contribution in [3.63, 3.8) is 0 Å². The lowest BCUT2D eigenvalue weighted by Gasteiger charge is -2.12. The molecule has 1 unspecified atom stereocenters. The zero-order valence-electron chi connectivity index (χ0n) is 8.08. The summed E-state index contributed by atoms with van der Waals surface area (Å²) in [6.45, 7) is -0.501. The minimum atomic E-state index is -4.93. The average molecular weight is 232 g/mol. The predicted molar refractivity (Wildman–Crippen MR) is 49.3 cm³/mol. The Morgan fingerprint density at radius 1 is 1.50 bits per heavy atom. The van der Waals surface area contributed by atoms with Gasteiger partial charge in [-0.1, -0.05) is 24.3 Å². The summed E-state index contributed by atoms with van der Waals surface area (Å²) < 4.78 is 35.4. The van der Waals surface area contributed by atoms with Gasteiger partial charge < -0.3 is 10.4 Å². The van der Waals surface area contributed by atoms with Crippen LogP contribution in [0.15, 0.2) is 24.3 Å². The minimum Gasteiger partial charge on any atom is -0.387 e. The quantitative estimate of drug-likeness (QED) is 0.822. The van der Waals surface area contributed by atoms with E-state index in [1.54, 1.807) is 17.4 Å². The molecule has 1 aromatic carbocycles. The molecule has 0 aromatic heterocycles. The molecule has 3 nitrogen and oxygen atoms in total. The number of hydrogen-bond acceptors (Lipinski definition) is 2. The maximum atomic E-state index is 11.8. The Bertz CT molecular complexity index is 351. The maximum absolute atomic E-state index is 11.8. The summed E-state index contributed by atoms with van der Waals surface area (Å²) in [7, 11) is 0. The van der Waals surface area contributed by atoms with E-state index in [0.29, 0.717) is 5.56 Å². The summed E-state index contributed by atoms with van der Waals surface area (Å²) in [5.74, 6) is -2.07. The normalized spacial score (nSPS) is 13.2. The van der Waals surface area contributed by atoms with Crippen LogP contribution in [-0.4, -0.2) is 23.7 Å². The van der Waals surface area contributed by atoms with Gasteiger partial charge in [-0.2, -0.15) is 13.2 Å². The third-order valence-electron chi connectivity index (χ3n) is 1.81. The Morgan fingerprint density at radius 2 is 2.19 bits per heavy atom. The Labute approximate surface area is 89.9 Å². The molecule has 0 aliphatic heterocycles. The molecule has 0 saturated carbocycles. The van der Waals surface area contributed by atoms with Gasteiger partial charge in [0.25, 0.3) is 0 Å². The van der Waals surface area contributed by atoms with E-state index in [0.717, 1.165) is 0 Å². The second-order valence-electron chi connectivity index (χ2n) is 3.04. The van der Waals surface area contributed by atoms with Crippen LogP contribution in [0.25, 0.3) is 0 Å². The van der Waals surface area contributed by atoms with Crippen molar-refractivity contribution >= 4 is 5.91 Å². The van der Waals surface area contributed by atoms with Gasteiger partial charge in [-0.3, -0.25) is 4.79 Å². The van der Waals surface area contributed by atoms with E-state index in [1.165, 1.54) is 12.1 Å². The highest BCUT2D eigenvalue weighted by atomic mass is 19.4. The fourth-order valence-corrected chi connectivity index (χ4v) is 1.01. The molecule has 0 spiro atoms. The lowest BCUT2D eigenvalue weighted by Crippen LogP contribution is -2.38. The molecule has 2 N–H and O–H groups in total. The number of amides is 1. The first kappa shape index (κ1) is 12.5. The van der Waals surface area contributed by atoms with E-state index in [1.807, 2.05) is 0 Å². The first-order valence-electron chi connectivity index (χ1n) is 4.41. The summed E-state index contributed by atoms with van der Waals surface area (Å²) in [6, 6.07) is 8.94. The van der Waals surface area contributed by atoms with Crippen LogP contribution in [-0.2, 0) is 4.79 Å². The summed E-state index contributed by atoms with van der Waals surface area (Å²) >= 11 is 0. The molecule has 1 rings (SSSR count). The first-order chi connectivity index (χ1) is 7.41. The Morgan fingerprint density at radius 3 is 2.69 bits per heavy atom. The van der Waals surface area contributed by atoms with E-state index >= 15 is 0 Å². The lowest BCUT2D eigenvalue weighted by atomic mass is 10.1. The Kier molecular flexibility index (Phi) is 3.89. The van der Waals surface area contributed by atoms with Crippen LogP contribution < -0.4 is 5.32 Å². The number of carbonyl (C=O) groups is 1. The topological polar surface area (TPSA) is 49.3 Å². The van der Waals surface area contributed by atoms with E-state index in [2.05, 4.69) is 6.07 Å². The number of rotatable bonds is 3. The highest BCUT2D eigenvalue weighted by molar-refractivity contribution is 5.81. The molecular formula is C10H9F3NO2. The summed E-state index contributed by atoms with van der Waals surface area (Å²) in [5.41, 5.74) is 0.324. The molecule has 87 valence electrons.